The van der Waals surface area contributed by atoms with Crippen molar-refractivity contribution in [2.24, 2.45) is 0 Å². The minimum absolute atomic E-state index is 0.363. The molecule has 0 heterocycles. The first kappa shape index (κ1) is 13.4. The van der Waals surface area contributed by atoms with Crippen molar-refractivity contribution in [2.45, 2.75) is 46.1 Å². The van der Waals surface area contributed by atoms with Crippen molar-refractivity contribution in [1.82, 2.24) is 0 Å². The van der Waals surface area contributed by atoms with Gasteiger partial charge in [-0.1, -0.05) is 19.9 Å². The third-order valence-corrected chi connectivity index (χ3v) is 2.38. The quantitative estimate of drug-likeness (QED) is 0.296. The zero-order valence-corrected chi connectivity index (χ0v) is 10.7. The molecule has 0 aromatic heterocycles. The molecule has 0 aromatic carbocycles. The summed E-state index contributed by atoms with van der Waals surface area (Å²) in [5.41, 5.74) is 0.417. The van der Waals surface area contributed by atoms with Crippen LogP contribution < -0.4 is 0 Å². The summed E-state index contributed by atoms with van der Waals surface area (Å²) in [6.45, 7) is 11.3. The lowest BCUT2D eigenvalue weighted by Gasteiger charge is -2.20. The Kier molecular flexibility index (Phi) is 6.49. The molecule has 0 saturated heterocycles. The predicted molar refractivity (Wildman–Crippen MR) is 59.6 cm³/mol. The second-order valence-corrected chi connectivity index (χ2v) is 5.96. The van der Waals surface area contributed by atoms with Gasteiger partial charge in [0.05, 0.1) is 0 Å². The maximum atomic E-state index is 11.2. The van der Waals surface area contributed by atoms with Crippen molar-refractivity contribution in [3.8, 4) is 0 Å². The topological polar surface area (TPSA) is 35.5 Å². The number of esters is 1. The van der Waals surface area contributed by atoms with Crippen molar-refractivity contribution >= 4 is 15.0 Å². The third kappa shape index (κ3) is 5.94. The first-order valence-corrected chi connectivity index (χ1v) is 7.77. The summed E-state index contributed by atoms with van der Waals surface area (Å²) in [5.74, 6) is -0.363. The Hall–Kier alpha value is -0.613. The lowest BCUT2D eigenvalue weighted by Crippen LogP contribution is -2.26. The van der Waals surface area contributed by atoms with Crippen LogP contribution in [0.2, 0.25) is 13.1 Å². The molecular weight excluding hydrogens is 196 g/mol. The first-order chi connectivity index (χ1) is 6.47. The number of carbonyl (C=O) groups is 1. The van der Waals surface area contributed by atoms with Crippen LogP contribution >= 0.6 is 0 Å². The molecule has 0 saturated carbocycles. The van der Waals surface area contributed by atoms with E-state index in [1.807, 2.05) is 6.92 Å². The van der Waals surface area contributed by atoms with Gasteiger partial charge in [0.2, 0.25) is 0 Å². The Morgan fingerprint density at radius 3 is 2.43 bits per heavy atom. The summed E-state index contributed by atoms with van der Waals surface area (Å²) in [6, 6.07) is 0. The molecule has 0 fully saturated rings. The monoisotopic (exact) mass is 216 g/mol. The van der Waals surface area contributed by atoms with Crippen molar-refractivity contribution < 1.29 is 14.0 Å². The van der Waals surface area contributed by atoms with Crippen molar-refractivity contribution in [3.05, 3.63) is 12.2 Å². The molecule has 4 heteroatoms. The highest BCUT2D eigenvalue weighted by Crippen LogP contribution is 2.08. The van der Waals surface area contributed by atoms with Gasteiger partial charge in [0, 0.05) is 12.0 Å². The zero-order chi connectivity index (χ0) is 11.1. The van der Waals surface area contributed by atoms with Crippen LogP contribution in [0.4, 0.5) is 0 Å². The summed E-state index contributed by atoms with van der Waals surface area (Å²) in [4.78, 5) is 11.2. The van der Waals surface area contributed by atoms with E-state index in [0.717, 1.165) is 12.8 Å². The molecule has 0 N–H and O–H groups in total. The first-order valence-electron chi connectivity index (χ1n) is 4.99. The summed E-state index contributed by atoms with van der Waals surface area (Å²) in [5, 5.41) is 0. The maximum Gasteiger partial charge on any atom is 0.335 e. The van der Waals surface area contributed by atoms with Gasteiger partial charge >= 0.3 is 5.97 Å². The molecule has 0 rings (SSSR count). The van der Waals surface area contributed by atoms with E-state index in [1.54, 1.807) is 6.92 Å². The van der Waals surface area contributed by atoms with Crippen LogP contribution in [-0.2, 0) is 14.0 Å². The molecule has 82 valence electrons. The molecular formula is C10H20O3Si. The minimum Gasteiger partial charge on any atom is -0.433 e. The molecule has 0 aliphatic heterocycles. The fourth-order valence-corrected chi connectivity index (χ4v) is 1.71. The van der Waals surface area contributed by atoms with Crippen LogP contribution in [0.25, 0.3) is 0 Å². The molecule has 0 bridgehead atoms. The van der Waals surface area contributed by atoms with E-state index in [0.29, 0.717) is 5.57 Å². The minimum atomic E-state index is -1.16. The number of ether oxygens (including phenoxy) is 1. The van der Waals surface area contributed by atoms with Crippen LogP contribution in [0.3, 0.4) is 0 Å². The van der Waals surface area contributed by atoms with E-state index >= 15 is 0 Å². The lowest BCUT2D eigenvalue weighted by molar-refractivity contribution is -0.160. The van der Waals surface area contributed by atoms with Crippen molar-refractivity contribution in [3.63, 3.8) is 0 Å². The van der Waals surface area contributed by atoms with Gasteiger partial charge in [0.15, 0.2) is 15.3 Å². The van der Waals surface area contributed by atoms with Gasteiger partial charge in [-0.15, -0.1) is 0 Å². The van der Waals surface area contributed by atoms with Crippen LogP contribution in [-0.4, -0.2) is 21.3 Å². The van der Waals surface area contributed by atoms with Crippen LogP contribution in [0.15, 0.2) is 12.2 Å². The number of hydrogen-bond donors (Lipinski definition) is 0. The van der Waals surface area contributed by atoms with E-state index in [-0.39, 0.29) is 12.3 Å². The maximum absolute atomic E-state index is 11.2. The third-order valence-electron chi connectivity index (χ3n) is 1.54. The molecule has 1 unspecified atom stereocenters. The van der Waals surface area contributed by atoms with Crippen LogP contribution in [0.5, 0.6) is 0 Å². The zero-order valence-electron chi connectivity index (χ0n) is 9.50. The van der Waals surface area contributed by atoms with Gasteiger partial charge in [-0.05, 0) is 20.0 Å². The fourth-order valence-electron chi connectivity index (χ4n) is 0.914. The number of carbonyl (C=O) groups excluding carboxylic acids is 1. The summed E-state index contributed by atoms with van der Waals surface area (Å²) in [7, 11) is -1.16. The van der Waals surface area contributed by atoms with Gasteiger partial charge in [-0.3, -0.25) is 0 Å². The number of rotatable bonds is 6. The Balaban J connectivity index is 4.08. The van der Waals surface area contributed by atoms with Gasteiger partial charge in [0.25, 0.3) is 0 Å². The average molecular weight is 216 g/mol. The molecule has 3 nitrogen and oxygen atoms in total. The van der Waals surface area contributed by atoms with E-state index in [1.165, 1.54) is 0 Å². The fraction of sp³-hybridized carbons (Fsp3) is 0.700. The van der Waals surface area contributed by atoms with Gasteiger partial charge in [-0.2, -0.15) is 0 Å². The smallest absolute Gasteiger partial charge is 0.335 e. The number of hydrogen-bond acceptors (Lipinski definition) is 3. The normalized spacial score (nSPS) is 12.6. The van der Waals surface area contributed by atoms with Gasteiger partial charge in [0.1, 0.15) is 0 Å². The highest BCUT2D eigenvalue weighted by Gasteiger charge is 2.15. The SMILES string of the molecule is C=C(C)C(=O)OC(CCC)O[SiH](C)C. The van der Waals surface area contributed by atoms with E-state index in [9.17, 15) is 4.79 Å². The summed E-state index contributed by atoms with van der Waals surface area (Å²) in [6.07, 6.45) is 1.32. The molecule has 14 heavy (non-hydrogen) atoms. The van der Waals surface area contributed by atoms with Gasteiger partial charge < -0.3 is 9.16 Å². The van der Waals surface area contributed by atoms with Gasteiger partial charge in [-0.25, -0.2) is 4.79 Å². The Labute approximate surface area is 87.8 Å². The molecule has 0 aliphatic carbocycles. The molecule has 0 radical (unpaired) electrons. The van der Waals surface area contributed by atoms with Crippen LogP contribution in [0.1, 0.15) is 26.7 Å². The molecule has 0 spiro atoms. The highest BCUT2D eigenvalue weighted by molar-refractivity contribution is 6.48. The Morgan fingerprint density at radius 2 is 2.07 bits per heavy atom. The lowest BCUT2D eigenvalue weighted by atomic mass is 10.3. The Morgan fingerprint density at radius 1 is 1.50 bits per heavy atom. The second-order valence-electron chi connectivity index (χ2n) is 3.59. The van der Waals surface area contributed by atoms with Crippen LogP contribution in [0, 0.1) is 0 Å². The summed E-state index contributed by atoms with van der Waals surface area (Å²) < 4.78 is 10.7. The van der Waals surface area contributed by atoms with Crippen molar-refractivity contribution in [2.75, 3.05) is 0 Å². The molecule has 1 atom stereocenters. The van der Waals surface area contributed by atoms with E-state index < -0.39 is 9.04 Å². The molecule has 0 aromatic rings. The second kappa shape index (κ2) is 6.78. The average Bonchev–Trinajstić information content (AvgIpc) is 2.02. The highest BCUT2D eigenvalue weighted by atomic mass is 28.3. The molecule has 0 aliphatic rings. The standard InChI is InChI=1S/C10H20O3Si/c1-6-7-9(13-14(4)5)12-10(11)8(2)3/h9,14H,2,6-7H2,1,3-5H3. The molecule has 0 amide bonds. The Bertz CT molecular complexity index is 202. The predicted octanol–water partition coefficient (Wildman–Crippen LogP) is 2.23. The van der Waals surface area contributed by atoms with E-state index in [4.69, 9.17) is 9.16 Å². The van der Waals surface area contributed by atoms with Crippen molar-refractivity contribution in [1.29, 1.82) is 0 Å². The largest absolute Gasteiger partial charge is 0.433 e. The van der Waals surface area contributed by atoms with E-state index in [2.05, 4.69) is 19.7 Å². The summed E-state index contributed by atoms with van der Waals surface area (Å²) >= 11 is 0.